The van der Waals surface area contributed by atoms with E-state index in [-0.39, 0.29) is 11.9 Å². The number of pyridine rings is 1. The number of hydrogen-bond acceptors (Lipinski definition) is 6. The van der Waals surface area contributed by atoms with E-state index in [1.54, 1.807) is 24.5 Å². The number of carbonyl (C=O) groups excluding carboxylic acids is 1. The Balaban J connectivity index is 1.32. The van der Waals surface area contributed by atoms with E-state index in [2.05, 4.69) is 39.3 Å². The highest BCUT2D eigenvalue weighted by molar-refractivity contribution is 7.18. The van der Waals surface area contributed by atoms with Crippen molar-refractivity contribution in [2.45, 2.75) is 25.4 Å². The minimum absolute atomic E-state index is 0.0662. The van der Waals surface area contributed by atoms with E-state index >= 15 is 0 Å². The number of Topliss-reactive ketones (excluding diaryl/α,β-unsaturated/α-hetero) is 1. The van der Waals surface area contributed by atoms with Crippen LogP contribution in [0.1, 0.15) is 34.5 Å². The van der Waals surface area contributed by atoms with E-state index < -0.39 is 0 Å². The molecule has 148 valence electrons. The van der Waals surface area contributed by atoms with Crippen LogP contribution in [-0.2, 0) is 4.84 Å². The summed E-state index contributed by atoms with van der Waals surface area (Å²) in [6, 6.07) is 15.7. The molecule has 3 heterocycles. The highest BCUT2D eigenvalue weighted by atomic mass is 35.5. The summed E-state index contributed by atoms with van der Waals surface area (Å²) in [6.45, 7) is 0. The highest BCUT2D eigenvalue weighted by Crippen LogP contribution is 2.27. The molecule has 7 heteroatoms. The fourth-order valence-electron chi connectivity index (χ4n) is 3.23. The normalized spacial score (nSPS) is 15.7. The Morgan fingerprint density at radius 1 is 1.14 bits per heavy atom. The Hall–Kier alpha value is -2.70. The zero-order chi connectivity index (χ0) is 20.2. The van der Waals surface area contributed by atoms with Crippen LogP contribution in [-0.4, -0.2) is 29.6 Å². The fraction of sp³-hybridized carbons (Fsp3) is 0.227. The first-order valence-electron chi connectivity index (χ1n) is 9.35. The van der Waals surface area contributed by atoms with Gasteiger partial charge >= 0.3 is 0 Å². The van der Waals surface area contributed by atoms with Gasteiger partial charge < -0.3 is 9.74 Å². The molecule has 0 saturated carbocycles. The maximum Gasteiger partial charge on any atom is 0.172 e. The molecule has 0 fully saturated rings. The number of carbonyl (C=O) groups is 1. The van der Waals surface area contributed by atoms with Crippen molar-refractivity contribution < 1.29 is 9.63 Å². The summed E-state index contributed by atoms with van der Waals surface area (Å²) in [5.74, 6) is 0.0995. The average molecular weight is 426 g/mol. The van der Waals surface area contributed by atoms with Crippen molar-refractivity contribution in [2.24, 2.45) is 5.16 Å². The Labute approximate surface area is 178 Å². The molecule has 0 aliphatic carbocycles. The smallest absolute Gasteiger partial charge is 0.172 e. The third-order valence-corrected chi connectivity index (χ3v) is 6.18. The quantitative estimate of drug-likeness (QED) is 0.454. The van der Waals surface area contributed by atoms with Crippen LogP contribution >= 0.6 is 22.9 Å². The van der Waals surface area contributed by atoms with Crippen molar-refractivity contribution in [1.82, 2.24) is 4.98 Å². The van der Waals surface area contributed by atoms with E-state index in [4.69, 9.17) is 16.4 Å². The second-order valence-electron chi connectivity index (χ2n) is 6.85. The lowest BCUT2D eigenvalue weighted by Gasteiger charge is -2.19. The molecule has 1 aliphatic rings. The summed E-state index contributed by atoms with van der Waals surface area (Å²) in [4.78, 5) is 24.6. The number of halogens is 1. The Bertz CT molecular complexity index is 1020. The molecule has 0 bridgehead atoms. The summed E-state index contributed by atoms with van der Waals surface area (Å²) >= 11 is 7.22. The summed E-state index contributed by atoms with van der Waals surface area (Å²) in [6.07, 6.45) is 5.27. The molecule has 4 rings (SSSR count). The fourth-order valence-corrected chi connectivity index (χ4v) is 4.24. The second-order valence-corrected chi connectivity index (χ2v) is 8.56. The van der Waals surface area contributed by atoms with Gasteiger partial charge in [-0.1, -0.05) is 28.9 Å². The maximum absolute atomic E-state index is 12.2. The van der Waals surface area contributed by atoms with E-state index in [1.807, 2.05) is 19.2 Å². The first-order valence-corrected chi connectivity index (χ1v) is 10.5. The largest absolute Gasteiger partial charge is 0.392 e. The van der Waals surface area contributed by atoms with Crippen molar-refractivity contribution in [3.05, 3.63) is 75.7 Å². The zero-order valence-electron chi connectivity index (χ0n) is 15.9. The predicted molar refractivity (Wildman–Crippen MR) is 118 cm³/mol. The summed E-state index contributed by atoms with van der Waals surface area (Å²) in [5, 5.41) is 4.24. The van der Waals surface area contributed by atoms with Gasteiger partial charge in [-0.25, -0.2) is 0 Å². The molecule has 3 aromatic rings. The number of rotatable bonds is 7. The van der Waals surface area contributed by atoms with Crippen molar-refractivity contribution in [1.29, 1.82) is 0 Å². The second kappa shape index (κ2) is 8.76. The molecule has 5 nitrogen and oxygen atoms in total. The maximum atomic E-state index is 12.2. The number of hydrogen-bond donors (Lipinski definition) is 0. The van der Waals surface area contributed by atoms with E-state index in [9.17, 15) is 4.79 Å². The van der Waals surface area contributed by atoms with Gasteiger partial charge in [-0.05, 0) is 48.4 Å². The zero-order valence-corrected chi connectivity index (χ0v) is 17.5. The number of anilines is 2. The third-order valence-electron chi connectivity index (χ3n) is 4.91. The van der Waals surface area contributed by atoms with Crippen molar-refractivity contribution in [3.63, 3.8) is 0 Å². The van der Waals surface area contributed by atoms with Gasteiger partial charge in [-0.15, -0.1) is 11.3 Å². The van der Waals surface area contributed by atoms with Crippen molar-refractivity contribution in [2.75, 3.05) is 11.9 Å². The van der Waals surface area contributed by atoms with Gasteiger partial charge in [0.1, 0.15) is 6.10 Å². The molecule has 1 unspecified atom stereocenters. The van der Waals surface area contributed by atoms with Crippen LogP contribution in [0.15, 0.2) is 66.1 Å². The van der Waals surface area contributed by atoms with Crippen LogP contribution in [0, 0.1) is 0 Å². The van der Waals surface area contributed by atoms with E-state index in [1.165, 1.54) is 11.3 Å². The van der Waals surface area contributed by atoms with Gasteiger partial charge in [-0.2, -0.15) is 0 Å². The lowest BCUT2D eigenvalue weighted by atomic mass is 10.0. The van der Waals surface area contributed by atoms with Crippen LogP contribution in [0.2, 0.25) is 4.34 Å². The van der Waals surface area contributed by atoms with Gasteiger partial charge in [0.25, 0.3) is 0 Å². The SMILES string of the molecule is CN(c1ccncc1)c1ccc(C2=NOC(CCC(=O)c3ccc(Cl)s3)C2)cc1. The van der Waals surface area contributed by atoms with Gasteiger partial charge in [-0.3, -0.25) is 9.78 Å². The molecule has 1 aromatic carbocycles. The molecular weight excluding hydrogens is 406 g/mol. The number of benzene rings is 1. The monoisotopic (exact) mass is 425 g/mol. The number of oxime groups is 1. The molecule has 0 saturated heterocycles. The summed E-state index contributed by atoms with van der Waals surface area (Å²) < 4.78 is 0.633. The number of ketones is 1. The molecule has 1 aliphatic heterocycles. The molecule has 0 amide bonds. The van der Waals surface area contributed by atoms with Crippen LogP contribution in [0.5, 0.6) is 0 Å². The summed E-state index contributed by atoms with van der Waals surface area (Å²) in [7, 11) is 2.02. The van der Waals surface area contributed by atoms with E-state index in [0.29, 0.717) is 28.5 Å². The lowest BCUT2D eigenvalue weighted by molar-refractivity contribution is 0.0720. The van der Waals surface area contributed by atoms with Gasteiger partial charge in [0, 0.05) is 43.7 Å². The molecule has 0 spiro atoms. The average Bonchev–Trinajstić information content (AvgIpc) is 3.41. The topological polar surface area (TPSA) is 54.8 Å². The Kier molecular flexibility index (Phi) is 5.92. The minimum Gasteiger partial charge on any atom is -0.392 e. The molecule has 1 atom stereocenters. The van der Waals surface area contributed by atoms with Crippen LogP contribution < -0.4 is 4.90 Å². The number of aromatic nitrogens is 1. The van der Waals surface area contributed by atoms with Crippen molar-refractivity contribution in [3.8, 4) is 0 Å². The number of nitrogens with zero attached hydrogens (tertiary/aromatic N) is 3. The minimum atomic E-state index is -0.0662. The lowest BCUT2D eigenvalue weighted by Crippen LogP contribution is -2.11. The standard InChI is InChI=1S/C22H20ClN3O2S/c1-26(17-10-12-24-13-11-17)16-4-2-15(3-5-16)19-14-18(28-25-19)6-7-20(27)21-8-9-22(23)29-21/h2-5,8-13,18H,6-7,14H2,1H3. The molecule has 29 heavy (non-hydrogen) atoms. The first kappa shape index (κ1) is 19.6. The highest BCUT2D eigenvalue weighted by Gasteiger charge is 2.23. The van der Waals surface area contributed by atoms with Crippen LogP contribution in [0.25, 0.3) is 0 Å². The Morgan fingerprint density at radius 3 is 2.55 bits per heavy atom. The van der Waals surface area contributed by atoms with E-state index in [0.717, 1.165) is 22.6 Å². The van der Waals surface area contributed by atoms with Gasteiger partial charge in [0.05, 0.1) is 14.9 Å². The van der Waals surface area contributed by atoms with Crippen LogP contribution in [0.3, 0.4) is 0 Å². The van der Waals surface area contributed by atoms with Gasteiger partial charge in [0.2, 0.25) is 0 Å². The summed E-state index contributed by atoms with van der Waals surface area (Å²) in [5.41, 5.74) is 4.11. The van der Waals surface area contributed by atoms with Crippen LogP contribution in [0.4, 0.5) is 11.4 Å². The Morgan fingerprint density at radius 2 is 1.86 bits per heavy atom. The predicted octanol–water partition coefficient (Wildman–Crippen LogP) is 5.72. The van der Waals surface area contributed by atoms with Gasteiger partial charge in [0.15, 0.2) is 5.78 Å². The first-order chi connectivity index (χ1) is 14.1. The molecule has 0 radical (unpaired) electrons. The molecular formula is C22H20ClN3O2S. The molecule has 0 N–H and O–H groups in total. The molecule has 2 aromatic heterocycles. The number of thiophene rings is 1. The third kappa shape index (κ3) is 4.66. The van der Waals surface area contributed by atoms with Crippen molar-refractivity contribution >= 4 is 45.8 Å².